The molecule has 0 saturated heterocycles. The molecule has 18 heavy (non-hydrogen) atoms. The third-order valence-electron chi connectivity index (χ3n) is 2.54. The summed E-state index contributed by atoms with van der Waals surface area (Å²) in [7, 11) is 1.52. The second kappa shape index (κ2) is 4.72. The SMILES string of the molecule is [C-]#[N+]c1cc(-n2cc(C(C)=O)cn2)ccc1OC. The molecule has 0 atom stereocenters. The lowest BCUT2D eigenvalue weighted by Crippen LogP contribution is -1.95. The fraction of sp³-hybridized carbons (Fsp3) is 0.154. The molecule has 1 aromatic carbocycles. The number of ether oxygens (including phenoxy) is 1. The number of hydrogen-bond acceptors (Lipinski definition) is 3. The molecule has 0 radical (unpaired) electrons. The summed E-state index contributed by atoms with van der Waals surface area (Å²) in [5.41, 5.74) is 1.67. The quantitative estimate of drug-likeness (QED) is 0.613. The van der Waals surface area contributed by atoms with E-state index in [9.17, 15) is 4.79 Å². The molecular formula is C13H11N3O2. The number of rotatable bonds is 3. The van der Waals surface area contributed by atoms with E-state index in [0.717, 1.165) is 0 Å². The van der Waals surface area contributed by atoms with Crippen molar-refractivity contribution in [3.05, 3.63) is 47.6 Å². The van der Waals surface area contributed by atoms with Gasteiger partial charge in [-0.2, -0.15) is 5.10 Å². The molecule has 5 heteroatoms. The number of methoxy groups -OCH3 is 1. The fourth-order valence-corrected chi connectivity index (χ4v) is 1.55. The van der Waals surface area contributed by atoms with Crippen molar-refractivity contribution in [2.45, 2.75) is 6.92 Å². The van der Waals surface area contributed by atoms with Gasteiger partial charge in [-0.05, 0) is 25.1 Å². The van der Waals surface area contributed by atoms with Crippen molar-refractivity contribution in [2.75, 3.05) is 7.11 Å². The molecule has 0 aliphatic heterocycles. The molecule has 1 heterocycles. The van der Waals surface area contributed by atoms with Gasteiger partial charge in [0.05, 0.1) is 31.1 Å². The van der Waals surface area contributed by atoms with Crippen LogP contribution in [-0.2, 0) is 0 Å². The van der Waals surface area contributed by atoms with E-state index >= 15 is 0 Å². The highest BCUT2D eigenvalue weighted by Gasteiger charge is 2.08. The molecule has 0 aliphatic rings. The van der Waals surface area contributed by atoms with Gasteiger partial charge in [0.15, 0.2) is 5.78 Å². The van der Waals surface area contributed by atoms with Gasteiger partial charge in [0.25, 0.3) is 0 Å². The van der Waals surface area contributed by atoms with Gasteiger partial charge in [-0.15, -0.1) is 0 Å². The van der Waals surface area contributed by atoms with Crippen LogP contribution in [0.5, 0.6) is 5.75 Å². The Bertz CT molecular complexity index is 638. The Balaban J connectivity index is 2.45. The fourth-order valence-electron chi connectivity index (χ4n) is 1.55. The molecule has 0 N–H and O–H groups in total. The van der Waals surface area contributed by atoms with Gasteiger partial charge in [-0.25, -0.2) is 9.53 Å². The van der Waals surface area contributed by atoms with Crippen LogP contribution in [0, 0.1) is 6.57 Å². The summed E-state index contributed by atoms with van der Waals surface area (Å²) in [4.78, 5) is 14.6. The van der Waals surface area contributed by atoms with Gasteiger partial charge in [-0.3, -0.25) is 4.79 Å². The van der Waals surface area contributed by atoms with Crippen LogP contribution in [-0.4, -0.2) is 22.7 Å². The molecule has 0 bridgehead atoms. The lowest BCUT2D eigenvalue weighted by Gasteiger charge is -2.05. The van der Waals surface area contributed by atoms with Crippen molar-refractivity contribution in [3.63, 3.8) is 0 Å². The summed E-state index contributed by atoms with van der Waals surface area (Å²) in [5.74, 6) is 0.480. The van der Waals surface area contributed by atoms with Crippen molar-refractivity contribution >= 4 is 11.5 Å². The lowest BCUT2D eigenvalue weighted by molar-refractivity contribution is 0.101. The molecule has 0 saturated carbocycles. The van der Waals surface area contributed by atoms with E-state index in [0.29, 0.717) is 22.7 Å². The van der Waals surface area contributed by atoms with Crippen molar-refractivity contribution in [1.29, 1.82) is 0 Å². The standard InChI is InChI=1S/C13H11N3O2/c1-9(17)10-7-15-16(8-10)11-4-5-13(18-3)12(6-11)14-2/h4-8H,1,3H3. The van der Waals surface area contributed by atoms with Gasteiger partial charge in [0.1, 0.15) is 5.75 Å². The number of carbonyl (C=O) groups is 1. The number of nitrogens with zero attached hydrogens (tertiary/aromatic N) is 3. The van der Waals surface area contributed by atoms with Gasteiger partial charge in [0.2, 0.25) is 5.69 Å². The van der Waals surface area contributed by atoms with E-state index in [2.05, 4.69) is 9.94 Å². The zero-order chi connectivity index (χ0) is 13.1. The van der Waals surface area contributed by atoms with E-state index in [1.807, 2.05) is 0 Å². The molecule has 0 amide bonds. The Morgan fingerprint density at radius 3 is 2.83 bits per heavy atom. The average Bonchev–Trinajstić information content (AvgIpc) is 2.87. The first kappa shape index (κ1) is 11.9. The van der Waals surface area contributed by atoms with Crippen LogP contribution < -0.4 is 4.74 Å². The Morgan fingerprint density at radius 2 is 2.28 bits per heavy atom. The maximum atomic E-state index is 11.2. The highest BCUT2D eigenvalue weighted by atomic mass is 16.5. The van der Waals surface area contributed by atoms with Crippen LogP contribution in [0.3, 0.4) is 0 Å². The van der Waals surface area contributed by atoms with E-state index < -0.39 is 0 Å². The van der Waals surface area contributed by atoms with Gasteiger partial charge in [-0.1, -0.05) is 0 Å². The third-order valence-corrected chi connectivity index (χ3v) is 2.54. The summed E-state index contributed by atoms with van der Waals surface area (Å²) in [6.07, 6.45) is 3.14. The molecule has 0 aliphatic carbocycles. The second-order valence-corrected chi connectivity index (χ2v) is 3.70. The first-order valence-electron chi connectivity index (χ1n) is 5.27. The summed E-state index contributed by atoms with van der Waals surface area (Å²) in [5, 5.41) is 4.09. The Kier molecular flexibility index (Phi) is 3.11. The lowest BCUT2D eigenvalue weighted by atomic mass is 10.2. The van der Waals surface area contributed by atoms with Crippen LogP contribution in [0.25, 0.3) is 10.5 Å². The van der Waals surface area contributed by atoms with E-state index in [4.69, 9.17) is 11.3 Å². The number of hydrogen-bond donors (Lipinski definition) is 0. The monoisotopic (exact) mass is 241 g/mol. The molecule has 2 aromatic rings. The normalized spacial score (nSPS) is 9.83. The maximum Gasteiger partial charge on any atom is 0.230 e. The largest absolute Gasteiger partial charge is 0.508 e. The molecule has 2 rings (SSSR count). The number of ketones is 1. The Labute approximate surface area is 104 Å². The van der Waals surface area contributed by atoms with Crippen molar-refractivity contribution in [3.8, 4) is 11.4 Å². The van der Waals surface area contributed by atoms with Gasteiger partial charge >= 0.3 is 0 Å². The second-order valence-electron chi connectivity index (χ2n) is 3.70. The van der Waals surface area contributed by atoms with Crippen LogP contribution in [0.1, 0.15) is 17.3 Å². The topological polar surface area (TPSA) is 48.5 Å². The highest BCUT2D eigenvalue weighted by molar-refractivity contribution is 5.93. The third kappa shape index (κ3) is 2.09. The summed E-state index contributed by atoms with van der Waals surface area (Å²) in [6, 6.07) is 5.16. The predicted molar refractivity (Wildman–Crippen MR) is 66.4 cm³/mol. The average molecular weight is 241 g/mol. The van der Waals surface area contributed by atoms with Crippen LogP contribution >= 0.6 is 0 Å². The Morgan fingerprint density at radius 1 is 1.50 bits per heavy atom. The summed E-state index contributed by atoms with van der Waals surface area (Å²) < 4.78 is 6.63. The van der Waals surface area contributed by atoms with Crippen molar-refractivity contribution < 1.29 is 9.53 Å². The predicted octanol–water partition coefficient (Wildman–Crippen LogP) is 2.63. The highest BCUT2D eigenvalue weighted by Crippen LogP contribution is 2.29. The van der Waals surface area contributed by atoms with Crippen molar-refractivity contribution in [2.24, 2.45) is 0 Å². The zero-order valence-corrected chi connectivity index (χ0v) is 10.0. The van der Waals surface area contributed by atoms with Crippen molar-refractivity contribution in [1.82, 2.24) is 9.78 Å². The molecule has 1 aromatic heterocycles. The minimum Gasteiger partial charge on any atom is -0.508 e. The number of aromatic nitrogens is 2. The number of benzene rings is 1. The minimum absolute atomic E-state index is 0.0415. The van der Waals surface area contributed by atoms with Gasteiger partial charge < -0.3 is 4.74 Å². The first-order chi connectivity index (χ1) is 8.65. The molecule has 5 nitrogen and oxygen atoms in total. The molecule has 0 spiro atoms. The summed E-state index contributed by atoms with van der Waals surface area (Å²) >= 11 is 0. The van der Waals surface area contributed by atoms with E-state index in [1.54, 1.807) is 29.1 Å². The maximum absolute atomic E-state index is 11.2. The molecule has 0 fully saturated rings. The smallest absolute Gasteiger partial charge is 0.230 e. The zero-order valence-electron chi connectivity index (χ0n) is 10.0. The van der Waals surface area contributed by atoms with Crippen LogP contribution in [0.4, 0.5) is 5.69 Å². The molecule has 0 unspecified atom stereocenters. The molecule has 90 valence electrons. The van der Waals surface area contributed by atoms with Crippen LogP contribution in [0.15, 0.2) is 30.6 Å². The first-order valence-corrected chi connectivity index (χ1v) is 5.27. The van der Waals surface area contributed by atoms with E-state index in [-0.39, 0.29) is 5.78 Å². The number of carbonyl (C=O) groups excluding carboxylic acids is 1. The minimum atomic E-state index is -0.0415. The van der Waals surface area contributed by atoms with Crippen LogP contribution in [0.2, 0.25) is 0 Å². The van der Waals surface area contributed by atoms with E-state index in [1.165, 1.54) is 20.2 Å². The molecular weight excluding hydrogens is 230 g/mol. The summed E-state index contributed by atoms with van der Waals surface area (Å²) in [6.45, 7) is 8.57. The van der Waals surface area contributed by atoms with Gasteiger partial charge in [0, 0.05) is 6.20 Å². The Hall–Kier alpha value is -2.61. The number of Topliss-reactive ketones (excluding diaryl/α,β-unsaturated/α-hetero) is 1.